The van der Waals surface area contributed by atoms with E-state index in [-0.39, 0.29) is 13.0 Å². The minimum Gasteiger partial charge on any atom is -0.497 e. The smallest absolute Gasteiger partial charge is 0.419 e. The van der Waals surface area contributed by atoms with E-state index < -0.39 is 29.3 Å². The van der Waals surface area contributed by atoms with Crippen molar-refractivity contribution in [2.45, 2.75) is 65.1 Å². The molecule has 2 N–H and O–H groups in total. The maximum absolute atomic E-state index is 12.5. The Hall–Kier alpha value is -2.77. The topological polar surface area (TPSA) is 108 Å². The molecular weight excluding hydrogens is 376 g/mol. The van der Waals surface area contributed by atoms with Crippen LogP contribution in [0.25, 0.3) is 0 Å². The van der Waals surface area contributed by atoms with Crippen molar-refractivity contribution < 1.29 is 28.6 Å². The minimum atomic E-state index is -0.834. The lowest BCUT2D eigenvalue weighted by Gasteiger charge is -2.29. The van der Waals surface area contributed by atoms with Crippen molar-refractivity contribution in [3.63, 3.8) is 0 Å². The van der Waals surface area contributed by atoms with Gasteiger partial charge in [0.05, 0.1) is 7.11 Å². The lowest BCUT2D eigenvalue weighted by atomic mass is 9.95. The van der Waals surface area contributed by atoms with Crippen LogP contribution >= 0.6 is 0 Å². The van der Waals surface area contributed by atoms with Crippen molar-refractivity contribution in [3.8, 4) is 5.75 Å². The summed E-state index contributed by atoms with van der Waals surface area (Å²) in [6.45, 7) is 10.1. The summed E-state index contributed by atoms with van der Waals surface area (Å²) in [5.41, 5.74) is 5.43. The van der Waals surface area contributed by atoms with Gasteiger partial charge in [-0.2, -0.15) is 0 Å². The van der Waals surface area contributed by atoms with Crippen LogP contribution in [0.3, 0.4) is 0 Å². The van der Waals surface area contributed by atoms with Crippen molar-refractivity contribution >= 4 is 24.2 Å². The molecule has 0 fully saturated rings. The monoisotopic (exact) mass is 408 g/mol. The van der Waals surface area contributed by atoms with Crippen LogP contribution in [0.1, 0.15) is 59.4 Å². The first-order valence-electron chi connectivity index (χ1n) is 9.39. The van der Waals surface area contributed by atoms with Crippen LogP contribution in [-0.2, 0) is 14.3 Å². The van der Waals surface area contributed by atoms with E-state index in [1.807, 2.05) is 0 Å². The fourth-order valence-electron chi connectivity index (χ4n) is 2.47. The molecule has 1 atom stereocenters. The molecule has 0 heterocycles. The highest BCUT2D eigenvalue weighted by Crippen LogP contribution is 2.28. The number of carbonyl (C=O) groups is 3. The van der Waals surface area contributed by atoms with Gasteiger partial charge in [0.25, 0.3) is 0 Å². The molecule has 0 radical (unpaired) electrons. The van der Waals surface area contributed by atoms with Gasteiger partial charge in [0, 0.05) is 24.2 Å². The molecule has 0 spiro atoms. The van der Waals surface area contributed by atoms with Crippen LogP contribution < -0.4 is 10.5 Å². The molecule has 8 nitrogen and oxygen atoms in total. The number of hydrogen-bond donors (Lipinski definition) is 1. The molecular formula is C21H32N2O6. The lowest BCUT2D eigenvalue weighted by Crippen LogP contribution is -2.44. The van der Waals surface area contributed by atoms with Gasteiger partial charge >= 0.3 is 12.2 Å². The first kappa shape index (κ1) is 24.3. The molecule has 0 aliphatic heterocycles. The number of carbonyl (C=O) groups excluding carboxylic acids is 3. The highest BCUT2D eigenvalue weighted by atomic mass is 16.6. The van der Waals surface area contributed by atoms with Crippen molar-refractivity contribution in [3.05, 3.63) is 23.8 Å². The summed E-state index contributed by atoms with van der Waals surface area (Å²) < 4.78 is 15.8. The van der Waals surface area contributed by atoms with Crippen LogP contribution in [0.2, 0.25) is 0 Å². The number of amides is 2. The molecule has 0 bridgehead atoms. The van der Waals surface area contributed by atoms with Crippen LogP contribution in [0.5, 0.6) is 5.75 Å². The van der Waals surface area contributed by atoms with Crippen LogP contribution in [0, 0.1) is 0 Å². The molecule has 0 saturated carbocycles. The number of methoxy groups -OCH3 is 1. The Morgan fingerprint density at radius 3 is 1.97 bits per heavy atom. The summed E-state index contributed by atoms with van der Waals surface area (Å²) in [6.07, 6.45) is -0.766. The lowest BCUT2D eigenvalue weighted by molar-refractivity contribution is -0.109. The number of rotatable bonds is 6. The molecule has 29 heavy (non-hydrogen) atoms. The third kappa shape index (κ3) is 8.01. The summed E-state index contributed by atoms with van der Waals surface area (Å²) >= 11 is 0. The molecule has 1 rings (SSSR count). The quantitative estimate of drug-likeness (QED) is 0.557. The third-order valence-electron chi connectivity index (χ3n) is 3.75. The van der Waals surface area contributed by atoms with Crippen LogP contribution in [0.15, 0.2) is 18.2 Å². The first-order valence-corrected chi connectivity index (χ1v) is 9.39. The van der Waals surface area contributed by atoms with Gasteiger partial charge in [0.1, 0.15) is 23.2 Å². The SMILES string of the molecule is COc1ccc(C(C=O)CCN(C(=O)OC(C)(C)C)C(=O)OC(C)(C)C)c(N)c1. The Labute approximate surface area is 172 Å². The molecule has 0 aliphatic rings. The van der Waals surface area contributed by atoms with Gasteiger partial charge in [0.15, 0.2) is 0 Å². The fourth-order valence-corrected chi connectivity index (χ4v) is 2.47. The van der Waals surface area contributed by atoms with E-state index in [0.717, 1.165) is 11.2 Å². The predicted octanol–water partition coefficient (Wildman–Crippen LogP) is 4.12. The van der Waals surface area contributed by atoms with Crippen molar-refractivity contribution in [2.75, 3.05) is 19.4 Å². The molecule has 8 heteroatoms. The Bertz CT molecular complexity index is 706. The second-order valence-corrected chi connectivity index (χ2v) is 8.64. The number of nitrogens with zero attached hydrogens (tertiary/aromatic N) is 1. The zero-order chi connectivity index (χ0) is 22.4. The number of nitrogen functional groups attached to an aromatic ring is 1. The van der Waals surface area contributed by atoms with Crippen LogP contribution in [0.4, 0.5) is 15.3 Å². The van der Waals surface area contributed by atoms with Gasteiger partial charge in [-0.3, -0.25) is 0 Å². The van der Waals surface area contributed by atoms with Crippen molar-refractivity contribution in [1.29, 1.82) is 0 Å². The summed E-state index contributed by atoms with van der Waals surface area (Å²) in [4.78, 5) is 37.6. The summed E-state index contributed by atoms with van der Waals surface area (Å²) in [7, 11) is 1.52. The number of anilines is 1. The maximum Gasteiger partial charge on any atom is 0.419 e. The van der Waals surface area contributed by atoms with Crippen molar-refractivity contribution in [2.24, 2.45) is 0 Å². The molecule has 1 aromatic carbocycles. The highest BCUT2D eigenvalue weighted by molar-refractivity contribution is 5.88. The van der Waals surface area contributed by atoms with Gasteiger partial charge in [0.2, 0.25) is 0 Å². The number of hydrogen-bond acceptors (Lipinski definition) is 7. The zero-order valence-corrected chi connectivity index (χ0v) is 18.3. The van der Waals surface area contributed by atoms with E-state index in [4.69, 9.17) is 19.9 Å². The molecule has 0 aliphatic carbocycles. The minimum absolute atomic E-state index is 0.0707. The largest absolute Gasteiger partial charge is 0.497 e. The number of aldehydes is 1. The average molecular weight is 408 g/mol. The average Bonchev–Trinajstić information content (AvgIpc) is 2.55. The standard InChI is InChI=1S/C21H32N2O6/c1-20(2,3)28-18(25)23(19(26)29-21(4,5)6)11-10-14(13-24)16-9-8-15(27-7)12-17(16)22/h8-9,12-14H,10-11,22H2,1-7H3. The molecule has 0 saturated heterocycles. The molecule has 2 amide bonds. The second kappa shape index (κ2) is 9.62. The van der Waals surface area contributed by atoms with Gasteiger partial charge in [-0.1, -0.05) is 6.07 Å². The number of benzene rings is 1. The molecule has 1 unspecified atom stereocenters. The van der Waals surface area contributed by atoms with Gasteiger partial charge in [-0.25, -0.2) is 14.5 Å². The highest BCUT2D eigenvalue weighted by Gasteiger charge is 2.31. The summed E-state index contributed by atoms with van der Waals surface area (Å²) in [5.74, 6) is -0.0479. The second-order valence-electron chi connectivity index (χ2n) is 8.64. The van der Waals surface area contributed by atoms with Gasteiger partial charge < -0.3 is 24.7 Å². The third-order valence-corrected chi connectivity index (χ3v) is 3.75. The number of imide groups is 1. The normalized spacial score (nSPS) is 12.7. The Morgan fingerprint density at radius 2 is 1.59 bits per heavy atom. The maximum atomic E-state index is 12.5. The summed E-state index contributed by atoms with van der Waals surface area (Å²) in [5, 5.41) is 0. The zero-order valence-electron chi connectivity index (χ0n) is 18.3. The van der Waals surface area contributed by atoms with E-state index >= 15 is 0 Å². The fraction of sp³-hybridized carbons (Fsp3) is 0.571. The van der Waals surface area contributed by atoms with Crippen LogP contribution in [-0.4, -0.2) is 48.2 Å². The number of ether oxygens (including phenoxy) is 3. The Morgan fingerprint density at radius 1 is 1.07 bits per heavy atom. The van der Waals surface area contributed by atoms with E-state index in [0.29, 0.717) is 17.0 Å². The van der Waals surface area contributed by atoms with Gasteiger partial charge in [-0.15, -0.1) is 0 Å². The molecule has 0 aromatic heterocycles. The predicted molar refractivity (Wildman–Crippen MR) is 110 cm³/mol. The van der Waals surface area contributed by atoms with E-state index in [1.54, 1.807) is 59.7 Å². The van der Waals surface area contributed by atoms with Crippen molar-refractivity contribution in [1.82, 2.24) is 4.90 Å². The Kier molecular flexibility index (Phi) is 8.05. The first-order chi connectivity index (χ1) is 13.3. The van der Waals surface area contributed by atoms with E-state index in [9.17, 15) is 14.4 Å². The number of nitrogens with two attached hydrogens (primary N) is 1. The Balaban J connectivity index is 3.03. The molecule has 1 aromatic rings. The summed E-state index contributed by atoms with van der Waals surface area (Å²) in [6, 6.07) is 5.01. The van der Waals surface area contributed by atoms with E-state index in [2.05, 4.69) is 0 Å². The van der Waals surface area contributed by atoms with Gasteiger partial charge in [-0.05, 0) is 59.6 Å². The molecule has 162 valence electrons. The van der Waals surface area contributed by atoms with E-state index in [1.165, 1.54) is 7.11 Å².